The van der Waals surface area contributed by atoms with Gasteiger partial charge in [0.05, 0.1) is 19.3 Å². The number of likely N-dealkylation sites (N-methyl/N-ethyl adjacent to an activating group) is 1. The van der Waals surface area contributed by atoms with Crippen molar-refractivity contribution in [1.82, 2.24) is 19.8 Å². The molecule has 3 amide bonds. The van der Waals surface area contributed by atoms with Crippen molar-refractivity contribution in [3.05, 3.63) is 34.9 Å². The molecule has 1 saturated heterocycles. The Bertz CT molecular complexity index is 891. The monoisotopic (exact) mass is 430 g/mol. The van der Waals surface area contributed by atoms with Gasteiger partial charge in [-0.05, 0) is 24.6 Å². The maximum atomic E-state index is 12.6. The molecule has 1 unspecified atom stereocenters. The molecule has 1 aliphatic heterocycles. The lowest BCUT2D eigenvalue weighted by Crippen LogP contribution is -2.68. The van der Waals surface area contributed by atoms with Crippen LogP contribution in [0, 0.1) is 0 Å². The summed E-state index contributed by atoms with van der Waals surface area (Å²) >= 11 is 5.88. The Morgan fingerprint density at radius 1 is 1.29 bits per heavy atom. The fourth-order valence-corrected chi connectivity index (χ4v) is 3.80. The van der Waals surface area contributed by atoms with Crippen molar-refractivity contribution in [1.29, 1.82) is 0 Å². The summed E-state index contributed by atoms with van der Waals surface area (Å²) in [4.78, 5) is 38.0. The maximum absolute atomic E-state index is 12.6. The number of hydrogen-bond acceptors (Lipinski definition) is 5. The first-order valence-electron chi connectivity index (χ1n) is 8.45. The summed E-state index contributed by atoms with van der Waals surface area (Å²) in [5.74, 6) is -1.55. The zero-order chi connectivity index (χ0) is 21.1. The predicted octanol–water partition coefficient (Wildman–Crippen LogP) is -0.435. The Kier molecular flexibility index (Phi) is 6.68. The zero-order valence-electron chi connectivity index (χ0n) is 15.9. The highest BCUT2D eigenvalue weighted by Gasteiger charge is 2.47. The number of benzene rings is 1. The van der Waals surface area contributed by atoms with Crippen molar-refractivity contribution >= 4 is 39.3 Å². The molecule has 0 aromatic heterocycles. The van der Waals surface area contributed by atoms with Gasteiger partial charge in [0.1, 0.15) is 5.54 Å². The van der Waals surface area contributed by atoms with Gasteiger partial charge in [0.15, 0.2) is 0 Å². The number of sulfonamides is 1. The van der Waals surface area contributed by atoms with Crippen LogP contribution >= 0.6 is 11.6 Å². The molecule has 1 aromatic carbocycles. The van der Waals surface area contributed by atoms with Crippen LogP contribution in [0.15, 0.2) is 24.3 Å². The molecule has 1 aliphatic rings. The summed E-state index contributed by atoms with van der Waals surface area (Å²) in [5.41, 5.74) is -0.619. The zero-order valence-corrected chi connectivity index (χ0v) is 17.4. The van der Waals surface area contributed by atoms with Gasteiger partial charge in [-0.15, -0.1) is 0 Å². The first-order chi connectivity index (χ1) is 12.9. The van der Waals surface area contributed by atoms with E-state index < -0.39 is 33.3 Å². The van der Waals surface area contributed by atoms with Crippen LogP contribution in [-0.4, -0.2) is 73.8 Å². The fourth-order valence-electron chi connectivity index (χ4n) is 2.76. The van der Waals surface area contributed by atoms with Crippen LogP contribution in [0.5, 0.6) is 0 Å². The summed E-state index contributed by atoms with van der Waals surface area (Å²) < 4.78 is 24.6. The molecule has 1 atom stereocenters. The molecular weight excluding hydrogens is 408 g/mol. The van der Waals surface area contributed by atoms with Crippen LogP contribution in [0.2, 0.25) is 5.02 Å². The number of rotatable bonds is 6. The highest BCUT2D eigenvalue weighted by Crippen LogP contribution is 2.22. The quantitative estimate of drug-likeness (QED) is 0.635. The van der Waals surface area contributed by atoms with Gasteiger partial charge in [-0.2, -0.15) is 4.31 Å². The Hall–Kier alpha value is -2.17. The lowest BCUT2D eigenvalue weighted by Gasteiger charge is -2.44. The lowest BCUT2D eigenvalue weighted by molar-refractivity contribution is -0.150. The molecule has 154 valence electrons. The summed E-state index contributed by atoms with van der Waals surface area (Å²) in [7, 11) is -2.21. The van der Waals surface area contributed by atoms with Crippen molar-refractivity contribution in [2.45, 2.75) is 19.0 Å². The third-order valence-electron chi connectivity index (χ3n) is 4.66. The normalized spacial score (nSPS) is 20.7. The highest BCUT2D eigenvalue weighted by atomic mass is 35.5. The van der Waals surface area contributed by atoms with Crippen LogP contribution in [0.3, 0.4) is 0 Å². The molecule has 2 rings (SSSR count). The first-order valence-corrected chi connectivity index (χ1v) is 10.7. The number of hydrogen-bond donors (Lipinski definition) is 2. The number of nitrogens with zero attached hydrogens (tertiary/aromatic N) is 2. The molecule has 0 bridgehead atoms. The minimum absolute atomic E-state index is 0.190. The molecule has 11 heteroatoms. The molecule has 0 saturated carbocycles. The second kappa shape index (κ2) is 8.46. The number of amides is 3. The SMILES string of the molecule is CN1C(=O)CN(S(C)(=O)=O)CC1(C)C(=O)NCC(=O)NCc1cccc(Cl)c1. The van der Waals surface area contributed by atoms with Crippen LogP contribution in [0.4, 0.5) is 0 Å². The smallest absolute Gasteiger partial charge is 0.247 e. The number of nitrogens with one attached hydrogen (secondary N) is 2. The fraction of sp³-hybridized carbons (Fsp3) is 0.471. The number of halogens is 1. The van der Waals surface area contributed by atoms with E-state index in [0.29, 0.717) is 5.02 Å². The molecule has 0 radical (unpaired) electrons. The van der Waals surface area contributed by atoms with Gasteiger partial charge in [0, 0.05) is 25.2 Å². The third kappa shape index (κ3) is 5.21. The van der Waals surface area contributed by atoms with Crippen LogP contribution in [-0.2, 0) is 31.0 Å². The Morgan fingerprint density at radius 3 is 2.57 bits per heavy atom. The summed E-state index contributed by atoms with van der Waals surface area (Å²) in [6.07, 6.45) is 0.979. The van der Waals surface area contributed by atoms with E-state index in [1.54, 1.807) is 24.3 Å². The first kappa shape index (κ1) is 22.1. The van der Waals surface area contributed by atoms with E-state index in [-0.39, 0.29) is 26.2 Å². The van der Waals surface area contributed by atoms with Gasteiger partial charge in [-0.1, -0.05) is 23.7 Å². The molecule has 1 fully saturated rings. The van der Waals surface area contributed by atoms with Gasteiger partial charge < -0.3 is 15.5 Å². The van der Waals surface area contributed by atoms with E-state index in [4.69, 9.17) is 11.6 Å². The van der Waals surface area contributed by atoms with Crippen molar-refractivity contribution in [3.63, 3.8) is 0 Å². The van der Waals surface area contributed by atoms with E-state index in [1.165, 1.54) is 18.9 Å². The van der Waals surface area contributed by atoms with Crippen LogP contribution < -0.4 is 10.6 Å². The standard InChI is InChI=1S/C17H23ClN4O5S/c1-17(11-22(28(3,26)27)10-15(24)21(17)2)16(25)20-9-14(23)19-8-12-5-4-6-13(18)7-12/h4-7H,8-11H2,1-3H3,(H,19,23)(H,20,25). The Labute approximate surface area is 169 Å². The third-order valence-corrected chi connectivity index (χ3v) is 6.09. The minimum Gasteiger partial charge on any atom is -0.350 e. The average Bonchev–Trinajstić information content (AvgIpc) is 2.61. The van der Waals surface area contributed by atoms with Crippen LogP contribution in [0.25, 0.3) is 0 Å². The summed E-state index contributed by atoms with van der Waals surface area (Å²) in [6.45, 7) is 0.881. The van der Waals surface area contributed by atoms with Crippen molar-refractivity contribution in [2.24, 2.45) is 0 Å². The maximum Gasteiger partial charge on any atom is 0.247 e. The predicted molar refractivity (Wildman–Crippen MR) is 104 cm³/mol. The Balaban J connectivity index is 1.96. The molecule has 0 aliphatic carbocycles. The molecule has 2 N–H and O–H groups in total. The molecule has 28 heavy (non-hydrogen) atoms. The van der Waals surface area contributed by atoms with E-state index in [9.17, 15) is 22.8 Å². The second-order valence-corrected chi connectivity index (χ2v) is 9.27. The van der Waals surface area contributed by atoms with Crippen molar-refractivity contribution < 1.29 is 22.8 Å². The highest BCUT2D eigenvalue weighted by molar-refractivity contribution is 7.88. The average molecular weight is 431 g/mol. The van der Waals surface area contributed by atoms with Gasteiger partial charge in [-0.3, -0.25) is 14.4 Å². The van der Waals surface area contributed by atoms with Gasteiger partial charge in [0.2, 0.25) is 27.7 Å². The van der Waals surface area contributed by atoms with Gasteiger partial charge in [-0.25, -0.2) is 8.42 Å². The second-order valence-electron chi connectivity index (χ2n) is 6.85. The molecule has 1 aromatic rings. The van der Waals surface area contributed by atoms with E-state index in [1.807, 2.05) is 0 Å². The van der Waals surface area contributed by atoms with Gasteiger partial charge >= 0.3 is 0 Å². The lowest BCUT2D eigenvalue weighted by atomic mass is 9.96. The number of carbonyl (C=O) groups is 3. The van der Waals surface area contributed by atoms with E-state index in [2.05, 4.69) is 10.6 Å². The van der Waals surface area contributed by atoms with E-state index in [0.717, 1.165) is 16.1 Å². The number of piperazine rings is 1. The molecule has 1 heterocycles. The van der Waals surface area contributed by atoms with Crippen molar-refractivity contribution in [2.75, 3.05) is 32.9 Å². The van der Waals surface area contributed by atoms with Crippen LogP contribution in [0.1, 0.15) is 12.5 Å². The summed E-state index contributed by atoms with van der Waals surface area (Å²) in [6, 6.07) is 6.99. The molecule has 0 spiro atoms. The Morgan fingerprint density at radius 2 is 1.96 bits per heavy atom. The van der Waals surface area contributed by atoms with E-state index >= 15 is 0 Å². The molecule has 9 nitrogen and oxygen atoms in total. The largest absolute Gasteiger partial charge is 0.350 e. The summed E-state index contributed by atoms with van der Waals surface area (Å²) in [5, 5.41) is 5.67. The molecular formula is C17H23ClN4O5S. The van der Waals surface area contributed by atoms with Crippen molar-refractivity contribution in [3.8, 4) is 0 Å². The topological polar surface area (TPSA) is 116 Å². The number of carbonyl (C=O) groups excluding carboxylic acids is 3. The minimum atomic E-state index is -3.65. The van der Waals surface area contributed by atoms with Gasteiger partial charge in [0.25, 0.3) is 0 Å².